The van der Waals surface area contributed by atoms with Gasteiger partial charge < -0.3 is 0 Å². The summed E-state index contributed by atoms with van der Waals surface area (Å²) in [6.45, 7) is 18.7. The molecule has 0 saturated carbocycles. The highest BCUT2D eigenvalue weighted by atomic mass is 15.2. The van der Waals surface area contributed by atoms with Gasteiger partial charge in [0.2, 0.25) is 0 Å². The Hall–Kier alpha value is -0.0800. The van der Waals surface area contributed by atoms with Crippen LogP contribution in [0.1, 0.15) is 93.9 Å². The summed E-state index contributed by atoms with van der Waals surface area (Å²) in [6, 6.07) is 1.67. The lowest BCUT2D eigenvalue weighted by Gasteiger charge is -2.32. The predicted molar refractivity (Wildman–Crippen MR) is 109 cm³/mol. The van der Waals surface area contributed by atoms with E-state index in [1.165, 1.54) is 38.5 Å². The third-order valence-electron chi connectivity index (χ3n) is 6.67. The van der Waals surface area contributed by atoms with E-state index in [2.05, 4.69) is 79.3 Å². The predicted octanol–water partition coefficient (Wildman–Crippen LogP) is 5.81. The van der Waals surface area contributed by atoms with E-state index in [0.29, 0.717) is 11.1 Å². The van der Waals surface area contributed by atoms with E-state index in [1.54, 1.807) is 0 Å². The highest BCUT2D eigenvalue weighted by molar-refractivity contribution is 4.93. The number of likely N-dealkylation sites (tertiary alicyclic amines) is 2. The summed E-state index contributed by atoms with van der Waals surface area (Å²) in [4.78, 5) is 5.12. The van der Waals surface area contributed by atoms with Crippen molar-refractivity contribution in [1.82, 2.24) is 9.80 Å². The van der Waals surface area contributed by atoms with Gasteiger partial charge in [-0.1, -0.05) is 27.7 Å². The Bertz CT molecular complexity index is 334. The largest absolute Gasteiger partial charge is 0.298 e. The molecule has 0 N–H and O–H groups in total. The quantitative estimate of drug-likeness (QED) is 0.638. The molecule has 0 aliphatic carbocycles. The molecule has 2 rings (SSSR count). The van der Waals surface area contributed by atoms with Gasteiger partial charge in [0, 0.05) is 23.2 Å². The van der Waals surface area contributed by atoms with Crippen LogP contribution in [0.15, 0.2) is 0 Å². The van der Waals surface area contributed by atoms with E-state index in [1.807, 2.05) is 0 Å². The average Bonchev–Trinajstić information content (AvgIpc) is 2.83. The van der Waals surface area contributed by atoms with Crippen molar-refractivity contribution in [3.63, 3.8) is 0 Å². The Morgan fingerprint density at radius 1 is 0.708 bits per heavy atom. The first kappa shape index (κ1) is 22.0. The molecule has 0 aromatic rings. The molecule has 0 aromatic heterocycles. The third kappa shape index (κ3) is 6.02. The van der Waals surface area contributed by atoms with E-state index >= 15 is 0 Å². The fourth-order valence-corrected chi connectivity index (χ4v) is 4.41. The first-order valence-corrected chi connectivity index (χ1v) is 10.3. The summed E-state index contributed by atoms with van der Waals surface area (Å²) < 4.78 is 0. The van der Waals surface area contributed by atoms with Gasteiger partial charge >= 0.3 is 0 Å². The average molecular weight is 339 g/mol. The minimum absolute atomic E-state index is 0.444. The summed E-state index contributed by atoms with van der Waals surface area (Å²) in [6.07, 6.45) is 8.23. The Balaban J connectivity index is 0.000000240. The Morgan fingerprint density at radius 3 is 1.17 bits per heavy atom. The van der Waals surface area contributed by atoms with Crippen molar-refractivity contribution < 1.29 is 0 Å². The molecule has 2 fully saturated rings. The minimum Gasteiger partial charge on any atom is -0.298 e. The molecule has 2 heterocycles. The van der Waals surface area contributed by atoms with Crippen molar-refractivity contribution >= 4 is 0 Å². The van der Waals surface area contributed by atoms with Crippen LogP contribution in [0.5, 0.6) is 0 Å². The second kappa shape index (κ2) is 8.54. The lowest BCUT2D eigenvalue weighted by atomic mass is 10.0. The lowest BCUT2D eigenvalue weighted by molar-refractivity contribution is 0.154. The van der Waals surface area contributed by atoms with E-state index in [4.69, 9.17) is 0 Å². The van der Waals surface area contributed by atoms with Crippen LogP contribution in [0.4, 0.5) is 0 Å². The Morgan fingerprint density at radius 2 is 1.00 bits per heavy atom. The van der Waals surface area contributed by atoms with Crippen LogP contribution < -0.4 is 0 Å². The Labute approximate surface area is 153 Å². The zero-order chi connectivity index (χ0) is 18.7. The molecule has 2 aliphatic heterocycles. The van der Waals surface area contributed by atoms with Gasteiger partial charge in [-0.3, -0.25) is 9.80 Å². The normalized spacial score (nSPS) is 30.0. The van der Waals surface area contributed by atoms with Crippen molar-refractivity contribution in [2.24, 2.45) is 11.8 Å². The minimum atomic E-state index is 0.444. The molecule has 1 unspecified atom stereocenters. The molecule has 24 heavy (non-hydrogen) atoms. The van der Waals surface area contributed by atoms with E-state index < -0.39 is 0 Å². The molecule has 2 aliphatic rings. The van der Waals surface area contributed by atoms with Crippen LogP contribution in [0.25, 0.3) is 0 Å². The fourth-order valence-electron chi connectivity index (χ4n) is 4.41. The number of hydrogen-bond acceptors (Lipinski definition) is 2. The first-order valence-electron chi connectivity index (χ1n) is 10.3. The summed E-state index contributed by atoms with van der Waals surface area (Å²) in [7, 11) is 4.56. The fraction of sp³-hybridized carbons (Fsp3) is 1.00. The molecule has 0 bridgehead atoms. The number of rotatable bonds is 4. The molecule has 2 saturated heterocycles. The molecule has 0 radical (unpaired) electrons. The summed E-state index contributed by atoms with van der Waals surface area (Å²) >= 11 is 0. The van der Waals surface area contributed by atoms with Crippen molar-refractivity contribution in [2.45, 2.75) is 117 Å². The van der Waals surface area contributed by atoms with Gasteiger partial charge in [-0.15, -0.1) is 0 Å². The van der Waals surface area contributed by atoms with Crippen LogP contribution in [-0.4, -0.2) is 47.1 Å². The molecule has 0 spiro atoms. The molecular formula is C22H46N2. The van der Waals surface area contributed by atoms with Gasteiger partial charge in [0.15, 0.2) is 0 Å². The van der Waals surface area contributed by atoms with Gasteiger partial charge in [-0.05, 0) is 92.2 Å². The van der Waals surface area contributed by atoms with Crippen LogP contribution >= 0.6 is 0 Å². The van der Waals surface area contributed by atoms with Gasteiger partial charge in [0.1, 0.15) is 0 Å². The van der Waals surface area contributed by atoms with E-state index in [0.717, 1.165) is 23.9 Å². The zero-order valence-corrected chi connectivity index (χ0v) is 18.4. The molecule has 2 heteroatoms. The van der Waals surface area contributed by atoms with Crippen molar-refractivity contribution in [1.29, 1.82) is 0 Å². The maximum atomic E-state index is 2.56. The van der Waals surface area contributed by atoms with Crippen molar-refractivity contribution in [2.75, 3.05) is 14.1 Å². The number of nitrogens with zero attached hydrogens (tertiary/aromatic N) is 2. The maximum Gasteiger partial charge on any atom is 0.0153 e. The molecular weight excluding hydrogens is 292 g/mol. The summed E-state index contributed by atoms with van der Waals surface area (Å²) in [5.41, 5.74) is 0.888. The van der Waals surface area contributed by atoms with E-state index in [9.17, 15) is 0 Å². The van der Waals surface area contributed by atoms with Gasteiger partial charge in [0.25, 0.3) is 0 Å². The lowest BCUT2D eigenvalue weighted by Crippen LogP contribution is -2.39. The Kier molecular flexibility index (Phi) is 7.81. The van der Waals surface area contributed by atoms with Crippen LogP contribution in [0, 0.1) is 11.8 Å². The topological polar surface area (TPSA) is 6.48 Å². The van der Waals surface area contributed by atoms with Gasteiger partial charge in [-0.25, -0.2) is 0 Å². The highest BCUT2D eigenvalue weighted by Crippen LogP contribution is 2.35. The zero-order valence-electron chi connectivity index (χ0n) is 18.4. The van der Waals surface area contributed by atoms with Gasteiger partial charge in [-0.2, -0.15) is 0 Å². The van der Waals surface area contributed by atoms with Crippen LogP contribution in [0.3, 0.4) is 0 Å². The summed E-state index contributed by atoms with van der Waals surface area (Å²) in [5, 5.41) is 0. The maximum absolute atomic E-state index is 2.56. The monoisotopic (exact) mass is 338 g/mol. The van der Waals surface area contributed by atoms with E-state index in [-0.39, 0.29) is 0 Å². The van der Waals surface area contributed by atoms with Crippen LogP contribution in [-0.2, 0) is 0 Å². The van der Waals surface area contributed by atoms with Crippen molar-refractivity contribution in [3.8, 4) is 0 Å². The van der Waals surface area contributed by atoms with Crippen molar-refractivity contribution in [3.05, 3.63) is 0 Å². The molecule has 0 amide bonds. The molecule has 144 valence electrons. The van der Waals surface area contributed by atoms with Crippen LogP contribution in [0.2, 0.25) is 0 Å². The summed E-state index contributed by atoms with van der Waals surface area (Å²) in [5.74, 6) is 1.68. The molecule has 0 aromatic carbocycles. The highest BCUT2D eigenvalue weighted by Gasteiger charge is 2.37. The second-order valence-corrected chi connectivity index (χ2v) is 10.5. The second-order valence-electron chi connectivity index (χ2n) is 10.5. The third-order valence-corrected chi connectivity index (χ3v) is 6.67. The SMILES string of the molecule is CC(C)CC1CCC(C)(C)N1C.CC(C)C[C@@H]1CCC(C)(C)N1C. The standard InChI is InChI=1S/2C11H23N/c2*1-9(2)8-10-6-7-11(3,4)12(10)5/h2*9-10H,6-8H2,1-5H3/t10-;/m0./s1. The smallest absolute Gasteiger partial charge is 0.0153 e. The molecule has 2 nitrogen and oxygen atoms in total. The van der Waals surface area contributed by atoms with Gasteiger partial charge in [0.05, 0.1) is 0 Å². The first-order chi connectivity index (χ1) is 10.9. The molecule has 2 atom stereocenters. The number of hydrogen-bond donors (Lipinski definition) is 0.